The summed E-state index contributed by atoms with van der Waals surface area (Å²) in [5, 5.41) is 9.11. The Morgan fingerprint density at radius 2 is 1.80 bits per heavy atom. The summed E-state index contributed by atoms with van der Waals surface area (Å²) >= 11 is 5.61. The van der Waals surface area contributed by atoms with Gasteiger partial charge in [0.2, 0.25) is 0 Å². The minimum Gasteiger partial charge on any atom is -0.481 e. The van der Waals surface area contributed by atoms with Gasteiger partial charge in [-0.3, -0.25) is 10.0 Å². The molecule has 0 heterocycles. The van der Waals surface area contributed by atoms with Crippen molar-refractivity contribution in [2.24, 2.45) is 0 Å². The average molecular weight is 376 g/mol. The molecule has 2 aromatic carbocycles. The number of alkyl halides is 3. The number of aryl methyl sites for hydroxylation is 1. The van der Waals surface area contributed by atoms with Crippen LogP contribution in [0.4, 0.5) is 13.2 Å². The first-order chi connectivity index (χ1) is 11.6. The Morgan fingerprint density at radius 1 is 1.20 bits per heavy atom. The lowest BCUT2D eigenvalue weighted by atomic mass is 10.2. The number of halogens is 4. The number of nitrogens with one attached hydrogen (secondary N) is 1. The molecule has 0 aliphatic rings. The molecule has 4 nitrogen and oxygen atoms in total. The highest BCUT2D eigenvalue weighted by atomic mass is 35.5. The molecule has 0 fully saturated rings. The molecule has 136 valence electrons. The first-order valence-electron chi connectivity index (χ1n) is 7.13. The largest absolute Gasteiger partial charge is 0.481 e. The van der Waals surface area contributed by atoms with E-state index in [1.807, 2.05) is 31.2 Å². The lowest BCUT2D eigenvalue weighted by molar-refractivity contribution is -0.137. The van der Waals surface area contributed by atoms with Crippen molar-refractivity contribution >= 4 is 17.5 Å². The predicted octanol–water partition coefficient (Wildman–Crippen LogP) is 4.63. The summed E-state index contributed by atoms with van der Waals surface area (Å²) in [4.78, 5) is 10.9. The van der Waals surface area contributed by atoms with E-state index in [0.29, 0.717) is 0 Å². The predicted molar refractivity (Wildman–Crippen MR) is 87.7 cm³/mol. The van der Waals surface area contributed by atoms with Gasteiger partial charge in [-0.1, -0.05) is 35.4 Å². The molecule has 0 radical (unpaired) electrons. The summed E-state index contributed by atoms with van der Waals surface area (Å²) in [7, 11) is 0. The molecule has 0 spiro atoms. The summed E-state index contributed by atoms with van der Waals surface area (Å²) in [5.74, 6) is -0.946. The highest BCUT2D eigenvalue weighted by Gasteiger charge is 2.30. The van der Waals surface area contributed by atoms with Crippen LogP contribution in [-0.4, -0.2) is 17.2 Å². The first kappa shape index (κ1) is 20.8. The fourth-order valence-corrected chi connectivity index (χ4v) is 1.75. The van der Waals surface area contributed by atoms with Crippen molar-refractivity contribution in [3.05, 3.63) is 64.7 Å². The van der Waals surface area contributed by atoms with Gasteiger partial charge in [0.25, 0.3) is 5.91 Å². The van der Waals surface area contributed by atoms with E-state index in [1.54, 1.807) is 0 Å². The molecule has 1 unspecified atom stereocenters. The number of hydrogen-bond acceptors (Lipinski definition) is 3. The summed E-state index contributed by atoms with van der Waals surface area (Å²) in [5.41, 5.74) is 1.72. The van der Waals surface area contributed by atoms with Crippen LogP contribution < -0.4 is 10.2 Å². The third-order valence-electron chi connectivity index (χ3n) is 2.96. The molecular formula is C17H17ClF3NO3. The molecule has 0 bridgehead atoms. The van der Waals surface area contributed by atoms with Crippen LogP contribution in [0.25, 0.3) is 0 Å². The van der Waals surface area contributed by atoms with Crippen molar-refractivity contribution in [2.75, 3.05) is 0 Å². The van der Waals surface area contributed by atoms with Gasteiger partial charge >= 0.3 is 6.18 Å². The molecule has 0 aromatic heterocycles. The van der Waals surface area contributed by atoms with E-state index < -0.39 is 23.8 Å². The third kappa shape index (κ3) is 7.45. The van der Waals surface area contributed by atoms with E-state index in [0.717, 1.165) is 17.2 Å². The molecule has 0 saturated heterocycles. The number of carbonyl (C=O) groups is 1. The minimum absolute atomic E-state index is 0.101. The van der Waals surface area contributed by atoms with Crippen molar-refractivity contribution in [3.8, 4) is 5.75 Å². The maximum absolute atomic E-state index is 12.4. The van der Waals surface area contributed by atoms with Crippen molar-refractivity contribution in [3.63, 3.8) is 0 Å². The summed E-state index contributed by atoms with van der Waals surface area (Å²) in [6.45, 7) is 3.34. The number of hydrogen-bond donors (Lipinski definition) is 2. The highest BCUT2D eigenvalue weighted by Crippen LogP contribution is 2.31. The van der Waals surface area contributed by atoms with Gasteiger partial charge in [-0.2, -0.15) is 13.2 Å². The SMILES string of the molecule is CC(Oc1cccc(C(F)(F)F)c1)C(=O)NO.Cc1ccc(Cl)cc1. The smallest absolute Gasteiger partial charge is 0.416 e. The second kappa shape index (κ2) is 9.29. The van der Waals surface area contributed by atoms with E-state index in [2.05, 4.69) is 0 Å². The normalized spacial score (nSPS) is 11.8. The molecule has 1 amide bonds. The van der Waals surface area contributed by atoms with Crippen molar-refractivity contribution in [2.45, 2.75) is 26.1 Å². The molecule has 25 heavy (non-hydrogen) atoms. The Bertz CT molecular complexity index is 669. The Hall–Kier alpha value is -2.25. The Balaban J connectivity index is 0.000000324. The second-order valence-corrected chi connectivity index (χ2v) is 5.49. The Morgan fingerprint density at radius 3 is 2.28 bits per heavy atom. The van der Waals surface area contributed by atoms with E-state index in [1.165, 1.54) is 30.1 Å². The molecule has 0 aliphatic carbocycles. The lowest BCUT2D eigenvalue weighted by Crippen LogP contribution is -2.34. The first-order valence-corrected chi connectivity index (χ1v) is 7.51. The van der Waals surface area contributed by atoms with Crippen molar-refractivity contribution in [1.82, 2.24) is 5.48 Å². The number of ether oxygens (including phenoxy) is 1. The second-order valence-electron chi connectivity index (χ2n) is 5.06. The van der Waals surface area contributed by atoms with Gasteiger partial charge in [-0.05, 0) is 44.2 Å². The Labute approximate surface area is 148 Å². The van der Waals surface area contributed by atoms with Crippen LogP contribution in [0.3, 0.4) is 0 Å². The summed E-state index contributed by atoms with van der Waals surface area (Å²) in [6.07, 6.45) is -5.56. The molecule has 2 rings (SSSR count). The minimum atomic E-state index is -4.47. The van der Waals surface area contributed by atoms with Crippen molar-refractivity contribution in [1.29, 1.82) is 0 Å². The van der Waals surface area contributed by atoms with E-state index in [9.17, 15) is 18.0 Å². The molecule has 2 aromatic rings. The van der Waals surface area contributed by atoms with Gasteiger partial charge in [0.1, 0.15) is 5.75 Å². The quantitative estimate of drug-likeness (QED) is 0.607. The average Bonchev–Trinajstić information content (AvgIpc) is 2.57. The van der Waals surface area contributed by atoms with Crippen LogP contribution in [0.15, 0.2) is 48.5 Å². The number of rotatable bonds is 3. The van der Waals surface area contributed by atoms with Crippen LogP contribution in [-0.2, 0) is 11.0 Å². The number of hydroxylamine groups is 1. The summed E-state index contributed by atoms with van der Waals surface area (Å²) in [6, 6.07) is 11.9. The van der Waals surface area contributed by atoms with Crippen LogP contribution in [0.1, 0.15) is 18.1 Å². The van der Waals surface area contributed by atoms with Crippen LogP contribution >= 0.6 is 11.6 Å². The molecule has 8 heteroatoms. The van der Waals surface area contributed by atoms with Gasteiger partial charge < -0.3 is 4.74 Å². The van der Waals surface area contributed by atoms with Gasteiger partial charge in [-0.25, -0.2) is 5.48 Å². The zero-order valence-electron chi connectivity index (χ0n) is 13.5. The molecule has 2 N–H and O–H groups in total. The maximum atomic E-state index is 12.4. The number of benzene rings is 2. The molecular weight excluding hydrogens is 359 g/mol. The standard InChI is InChI=1S/C10H10F3NO3.C7H7Cl/c1-6(9(15)14-16)17-8-4-2-3-7(5-8)10(11,12)13;1-6-2-4-7(8)5-3-6/h2-6,16H,1H3,(H,14,15);2-5H,1H3. The lowest BCUT2D eigenvalue weighted by Gasteiger charge is -2.14. The van der Waals surface area contributed by atoms with Gasteiger partial charge in [0.05, 0.1) is 5.56 Å². The zero-order valence-corrected chi connectivity index (χ0v) is 14.2. The van der Waals surface area contributed by atoms with Crippen LogP contribution in [0.5, 0.6) is 5.75 Å². The fraction of sp³-hybridized carbons (Fsp3) is 0.235. The maximum Gasteiger partial charge on any atom is 0.416 e. The van der Waals surface area contributed by atoms with Gasteiger partial charge in [-0.15, -0.1) is 0 Å². The molecule has 0 saturated carbocycles. The molecule has 1 atom stereocenters. The topological polar surface area (TPSA) is 58.6 Å². The fourth-order valence-electron chi connectivity index (χ4n) is 1.63. The van der Waals surface area contributed by atoms with Gasteiger partial charge in [0, 0.05) is 5.02 Å². The number of carbonyl (C=O) groups excluding carboxylic acids is 1. The third-order valence-corrected chi connectivity index (χ3v) is 3.22. The van der Waals surface area contributed by atoms with Crippen LogP contribution in [0, 0.1) is 6.92 Å². The Kier molecular flexibility index (Phi) is 7.73. The van der Waals surface area contributed by atoms with E-state index in [-0.39, 0.29) is 5.75 Å². The number of amides is 1. The zero-order chi connectivity index (χ0) is 19.0. The van der Waals surface area contributed by atoms with Gasteiger partial charge in [0.15, 0.2) is 6.10 Å². The summed E-state index contributed by atoms with van der Waals surface area (Å²) < 4.78 is 42.0. The van der Waals surface area contributed by atoms with Crippen LogP contribution in [0.2, 0.25) is 5.02 Å². The monoisotopic (exact) mass is 375 g/mol. The molecule has 0 aliphatic heterocycles. The van der Waals surface area contributed by atoms with E-state index in [4.69, 9.17) is 21.5 Å². The van der Waals surface area contributed by atoms with E-state index >= 15 is 0 Å². The van der Waals surface area contributed by atoms with Crippen molar-refractivity contribution < 1.29 is 27.9 Å². The highest BCUT2D eigenvalue weighted by molar-refractivity contribution is 6.30.